The minimum atomic E-state index is 1.13. The minimum Gasteiger partial charge on any atom is -0.358 e. The van der Waals surface area contributed by atoms with Crippen molar-refractivity contribution in [3.8, 4) is 11.1 Å². The Balaban J connectivity index is 1.91. The molecule has 3 aromatic rings. The highest BCUT2D eigenvalue weighted by molar-refractivity contribution is 5.93. The van der Waals surface area contributed by atoms with Crippen LogP contribution >= 0.6 is 0 Å². The van der Waals surface area contributed by atoms with Crippen molar-refractivity contribution in [2.75, 3.05) is 0 Å². The highest BCUT2D eigenvalue weighted by Gasteiger charge is 2.11. The summed E-state index contributed by atoms with van der Waals surface area (Å²) in [7, 11) is 0. The minimum absolute atomic E-state index is 1.13. The van der Waals surface area contributed by atoms with Gasteiger partial charge in [0.25, 0.3) is 0 Å². The van der Waals surface area contributed by atoms with E-state index >= 15 is 0 Å². The molecule has 0 aliphatic heterocycles. The second kappa shape index (κ2) is 4.13. The Morgan fingerprint density at radius 1 is 0.895 bits per heavy atom. The van der Waals surface area contributed by atoms with Crippen molar-refractivity contribution in [3.05, 3.63) is 65.9 Å². The Labute approximate surface area is 112 Å². The monoisotopic (exact) mass is 245 g/mol. The maximum absolute atomic E-state index is 3.57. The highest BCUT2D eigenvalue weighted by Crippen LogP contribution is 2.31. The van der Waals surface area contributed by atoms with Crippen LogP contribution < -0.4 is 0 Å². The van der Waals surface area contributed by atoms with Gasteiger partial charge < -0.3 is 4.98 Å². The summed E-state index contributed by atoms with van der Waals surface area (Å²) in [6, 6.07) is 17.3. The van der Waals surface area contributed by atoms with E-state index < -0.39 is 0 Å². The summed E-state index contributed by atoms with van der Waals surface area (Å²) in [5.41, 5.74) is 6.55. The number of aromatic amines is 1. The van der Waals surface area contributed by atoms with Crippen molar-refractivity contribution in [2.45, 2.75) is 12.8 Å². The van der Waals surface area contributed by atoms with Gasteiger partial charge >= 0.3 is 0 Å². The molecule has 1 aromatic heterocycles. The van der Waals surface area contributed by atoms with Gasteiger partial charge in [-0.2, -0.15) is 0 Å². The molecule has 1 N–H and O–H groups in total. The predicted octanol–water partition coefficient (Wildman–Crippen LogP) is 4.79. The number of benzene rings is 2. The fourth-order valence-corrected chi connectivity index (χ4v) is 2.90. The molecular formula is C18H15N. The van der Waals surface area contributed by atoms with Gasteiger partial charge in [-0.1, -0.05) is 54.6 Å². The molecule has 1 heterocycles. The first kappa shape index (κ1) is 10.6. The van der Waals surface area contributed by atoms with Crippen LogP contribution in [0, 0.1) is 0 Å². The first-order chi connectivity index (χ1) is 9.42. The number of hydrogen-bond acceptors (Lipinski definition) is 0. The third-order valence-electron chi connectivity index (χ3n) is 3.87. The fraction of sp³-hybridized carbons (Fsp3) is 0.111. The summed E-state index contributed by atoms with van der Waals surface area (Å²) in [4.78, 5) is 3.57. The number of aryl methyl sites for hydroxylation is 1. The van der Waals surface area contributed by atoms with Crippen molar-refractivity contribution in [1.29, 1.82) is 0 Å². The van der Waals surface area contributed by atoms with E-state index in [0.29, 0.717) is 0 Å². The quantitative estimate of drug-likeness (QED) is 0.634. The van der Waals surface area contributed by atoms with E-state index in [1.807, 2.05) is 0 Å². The highest BCUT2D eigenvalue weighted by atomic mass is 14.7. The molecule has 0 saturated heterocycles. The molecule has 4 rings (SSSR count). The maximum atomic E-state index is 3.57. The van der Waals surface area contributed by atoms with Gasteiger partial charge in [-0.3, -0.25) is 0 Å². The van der Waals surface area contributed by atoms with E-state index in [9.17, 15) is 0 Å². The molecule has 92 valence electrons. The van der Waals surface area contributed by atoms with Crippen molar-refractivity contribution < 1.29 is 0 Å². The van der Waals surface area contributed by atoms with Crippen LogP contribution in [0.5, 0.6) is 0 Å². The van der Waals surface area contributed by atoms with Crippen LogP contribution in [0.3, 0.4) is 0 Å². The van der Waals surface area contributed by atoms with Crippen LogP contribution in [0.4, 0.5) is 0 Å². The normalized spacial score (nSPS) is 13.7. The van der Waals surface area contributed by atoms with Crippen LogP contribution in [0.2, 0.25) is 0 Å². The van der Waals surface area contributed by atoms with Crippen molar-refractivity contribution in [3.63, 3.8) is 0 Å². The first-order valence-corrected chi connectivity index (χ1v) is 6.78. The first-order valence-electron chi connectivity index (χ1n) is 6.78. The van der Waals surface area contributed by atoms with E-state index in [-0.39, 0.29) is 0 Å². The summed E-state index contributed by atoms with van der Waals surface area (Å²) in [6.07, 6.45) is 6.78. The van der Waals surface area contributed by atoms with E-state index in [1.54, 1.807) is 0 Å². The number of fused-ring (bicyclic) bond motifs is 3. The number of aromatic nitrogens is 1. The number of allylic oxidation sites excluding steroid dienone is 1. The fourth-order valence-electron chi connectivity index (χ4n) is 2.90. The number of rotatable bonds is 1. The lowest BCUT2D eigenvalue weighted by Gasteiger charge is -2.03. The number of hydrogen-bond donors (Lipinski definition) is 1. The standard InChI is InChI=1S/C18H15N/c1-2-6-13(7-3-1)14-10-11-16-15-8-4-5-9-17(15)19-18(16)12-14/h1-4,6-8,10-12,19H,5,9H2. The second-order valence-corrected chi connectivity index (χ2v) is 5.08. The lowest BCUT2D eigenvalue weighted by atomic mass is 10.00. The van der Waals surface area contributed by atoms with Gasteiger partial charge in [0, 0.05) is 22.2 Å². The molecule has 0 radical (unpaired) electrons. The van der Waals surface area contributed by atoms with Crippen molar-refractivity contribution in [1.82, 2.24) is 4.98 Å². The zero-order valence-corrected chi connectivity index (χ0v) is 10.7. The second-order valence-electron chi connectivity index (χ2n) is 5.08. The van der Waals surface area contributed by atoms with E-state index in [0.717, 1.165) is 12.8 Å². The molecule has 1 aliphatic rings. The third-order valence-corrected chi connectivity index (χ3v) is 3.87. The number of nitrogens with one attached hydrogen (secondary N) is 1. The summed E-state index contributed by atoms with van der Waals surface area (Å²) < 4.78 is 0. The summed E-state index contributed by atoms with van der Waals surface area (Å²) in [5, 5.41) is 1.34. The van der Waals surface area contributed by atoms with Crippen LogP contribution in [-0.4, -0.2) is 4.98 Å². The van der Waals surface area contributed by atoms with Crippen LogP contribution in [0.1, 0.15) is 17.7 Å². The molecule has 0 unspecified atom stereocenters. The summed E-state index contributed by atoms with van der Waals surface area (Å²) in [6.45, 7) is 0. The molecule has 0 amide bonds. The SMILES string of the molecule is C1=Cc2c([nH]c3cc(-c4ccccc4)ccc23)CC1. The lowest BCUT2D eigenvalue weighted by molar-refractivity contribution is 0.951. The van der Waals surface area contributed by atoms with E-state index in [4.69, 9.17) is 0 Å². The molecular weight excluding hydrogens is 230 g/mol. The molecule has 1 aliphatic carbocycles. The molecule has 0 saturated carbocycles. The smallest absolute Gasteiger partial charge is 0.0468 e. The molecule has 1 heteroatoms. The Hall–Kier alpha value is -2.28. The molecule has 2 aromatic carbocycles. The van der Waals surface area contributed by atoms with Crippen molar-refractivity contribution >= 4 is 17.0 Å². The third kappa shape index (κ3) is 1.70. The van der Waals surface area contributed by atoms with Gasteiger partial charge in [-0.15, -0.1) is 0 Å². The number of H-pyrrole nitrogens is 1. The molecule has 0 bridgehead atoms. The van der Waals surface area contributed by atoms with Gasteiger partial charge in [0.05, 0.1) is 0 Å². The Morgan fingerprint density at radius 2 is 1.79 bits per heavy atom. The topological polar surface area (TPSA) is 15.8 Å². The average Bonchev–Trinajstić information content (AvgIpc) is 2.86. The molecule has 0 spiro atoms. The van der Waals surface area contributed by atoms with Crippen LogP contribution in [0.15, 0.2) is 54.6 Å². The maximum Gasteiger partial charge on any atom is 0.0468 e. The van der Waals surface area contributed by atoms with Crippen LogP contribution in [0.25, 0.3) is 28.1 Å². The van der Waals surface area contributed by atoms with Gasteiger partial charge in [0.15, 0.2) is 0 Å². The molecule has 1 nitrogen and oxygen atoms in total. The Morgan fingerprint density at radius 3 is 2.68 bits per heavy atom. The predicted molar refractivity (Wildman–Crippen MR) is 81.1 cm³/mol. The largest absolute Gasteiger partial charge is 0.358 e. The van der Waals surface area contributed by atoms with E-state index in [1.165, 1.54) is 33.3 Å². The van der Waals surface area contributed by atoms with Gasteiger partial charge in [-0.05, 0) is 30.0 Å². The van der Waals surface area contributed by atoms with Gasteiger partial charge in [0.1, 0.15) is 0 Å². The van der Waals surface area contributed by atoms with Gasteiger partial charge in [-0.25, -0.2) is 0 Å². The summed E-state index contributed by atoms with van der Waals surface area (Å²) >= 11 is 0. The average molecular weight is 245 g/mol. The zero-order chi connectivity index (χ0) is 12.7. The van der Waals surface area contributed by atoms with Crippen LogP contribution in [-0.2, 0) is 6.42 Å². The molecule has 0 fully saturated rings. The summed E-state index contributed by atoms with van der Waals surface area (Å²) in [5.74, 6) is 0. The van der Waals surface area contributed by atoms with Crippen molar-refractivity contribution in [2.24, 2.45) is 0 Å². The van der Waals surface area contributed by atoms with Gasteiger partial charge in [0.2, 0.25) is 0 Å². The zero-order valence-electron chi connectivity index (χ0n) is 10.7. The Bertz CT molecular complexity index is 763. The van der Waals surface area contributed by atoms with E-state index in [2.05, 4.69) is 65.7 Å². The Kier molecular flexibility index (Phi) is 2.31. The molecule has 19 heavy (non-hydrogen) atoms. The lowest BCUT2D eigenvalue weighted by Crippen LogP contribution is -1.90. The molecule has 0 atom stereocenters.